The number of nitro groups is 1. The van der Waals surface area contributed by atoms with E-state index in [1.165, 1.54) is 6.07 Å². The maximum Gasteiger partial charge on any atom is 0.293 e. The summed E-state index contributed by atoms with van der Waals surface area (Å²) in [6.45, 7) is 3.99. The van der Waals surface area contributed by atoms with E-state index in [-0.39, 0.29) is 16.4 Å². The summed E-state index contributed by atoms with van der Waals surface area (Å²) >= 11 is 11.2. The molecule has 3 rings (SSSR count). The van der Waals surface area contributed by atoms with Gasteiger partial charge in [0.1, 0.15) is 5.69 Å². The van der Waals surface area contributed by atoms with Gasteiger partial charge in [0.25, 0.3) is 11.6 Å². The fourth-order valence-electron chi connectivity index (χ4n) is 2.94. The molecule has 0 bridgehead atoms. The minimum Gasteiger partial charge on any atom is -0.378 e. The maximum absolute atomic E-state index is 12.5. The van der Waals surface area contributed by atoms with Crippen molar-refractivity contribution < 1.29 is 14.5 Å². The summed E-state index contributed by atoms with van der Waals surface area (Å²) in [6.07, 6.45) is 0. The van der Waals surface area contributed by atoms with E-state index in [2.05, 4.69) is 10.6 Å². The zero-order valence-electron chi connectivity index (χ0n) is 15.6. The average molecular weight is 435 g/mol. The Kier molecular flexibility index (Phi) is 6.63. The van der Waals surface area contributed by atoms with Crippen molar-refractivity contribution in [3.05, 3.63) is 62.7 Å². The Labute approximate surface area is 177 Å². The minimum absolute atomic E-state index is 0.0697. The summed E-state index contributed by atoms with van der Waals surface area (Å²) < 4.78 is 5.29. The van der Waals surface area contributed by atoms with E-state index < -0.39 is 10.8 Å². The third-order valence-electron chi connectivity index (χ3n) is 4.46. The number of nitro benzene ring substituents is 1. The van der Waals surface area contributed by atoms with Gasteiger partial charge < -0.3 is 15.0 Å². The number of amides is 1. The smallest absolute Gasteiger partial charge is 0.293 e. The van der Waals surface area contributed by atoms with Crippen LogP contribution in [0, 0.1) is 17.0 Å². The number of hydrogen-bond acceptors (Lipinski definition) is 6. The molecule has 1 fully saturated rings. The lowest BCUT2D eigenvalue weighted by Crippen LogP contribution is -2.37. The molecule has 2 N–H and O–H groups in total. The van der Waals surface area contributed by atoms with Crippen molar-refractivity contribution in [2.45, 2.75) is 6.92 Å². The van der Waals surface area contributed by atoms with Crippen LogP contribution >= 0.6 is 23.8 Å². The van der Waals surface area contributed by atoms with Crippen LogP contribution in [0.3, 0.4) is 0 Å². The Morgan fingerprint density at radius 1 is 1.24 bits per heavy atom. The van der Waals surface area contributed by atoms with Crippen LogP contribution in [-0.2, 0) is 4.74 Å². The van der Waals surface area contributed by atoms with Gasteiger partial charge in [-0.1, -0.05) is 17.7 Å². The molecule has 10 heteroatoms. The minimum atomic E-state index is -0.543. The van der Waals surface area contributed by atoms with Crippen molar-refractivity contribution in [3.8, 4) is 0 Å². The normalized spacial score (nSPS) is 13.7. The molecule has 1 aliphatic rings. The molecule has 1 heterocycles. The molecule has 2 aromatic rings. The van der Waals surface area contributed by atoms with Gasteiger partial charge in [0.15, 0.2) is 5.11 Å². The Balaban J connectivity index is 1.74. The highest BCUT2D eigenvalue weighted by Crippen LogP contribution is 2.30. The first-order valence-corrected chi connectivity index (χ1v) is 9.63. The lowest BCUT2D eigenvalue weighted by atomic mass is 10.1. The van der Waals surface area contributed by atoms with Gasteiger partial charge in [-0.05, 0) is 49.0 Å². The van der Waals surface area contributed by atoms with E-state index in [9.17, 15) is 14.9 Å². The van der Waals surface area contributed by atoms with Crippen LogP contribution in [0.4, 0.5) is 17.1 Å². The molecule has 1 aliphatic heterocycles. The molecule has 0 atom stereocenters. The number of benzene rings is 2. The standard InChI is InChI=1S/C19H19ClN4O4S/c1-12-2-4-14(20)11-15(12)21-19(29)22-18(25)13-3-5-16(17(10-13)24(26)27)23-6-8-28-9-7-23/h2-5,10-11H,6-9H2,1H3,(H2,21,22,25,29). The molecule has 0 spiro atoms. The molecule has 1 amide bonds. The molecule has 0 unspecified atom stereocenters. The Morgan fingerprint density at radius 3 is 2.66 bits per heavy atom. The number of anilines is 2. The van der Waals surface area contributed by atoms with Crippen molar-refractivity contribution in [1.82, 2.24) is 5.32 Å². The number of hydrogen-bond donors (Lipinski definition) is 2. The van der Waals surface area contributed by atoms with Crippen LogP contribution < -0.4 is 15.5 Å². The highest BCUT2D eigenvalue weighted by molar-refractivity contribution is 7.80. The highest BCUT2D eigenvalue weighted by atomic mass is 35.5. The van der Waals surface area contributed by atoms with Gasteiger partial charge in [-0.2, -0.15) is 0 Å². The Hall–Kier alpha value is -2.75. The summed E-state index contributed by atoms with van der Waals surface area (Å²) in [5.74, 6) is -0.543. The molecular formula is C19H19ClN4O4S. The van der Waals surface area contributed by atoms with E-state index in [0.29, 0.717) is 42.7 Å². The third-order valence-corrected chi connectivity index (χ3v) is 4.90. The van der Waals surface area contributed by atoms with Gasteiger partial charge in [-0.3, -0.25) is 20.2 Å². The molecule has 2 aromatic carbocycles. The lowest BCUT2D eigenvalue weighted by Gasteiger charge is -2.28. The van der Waals surface area contributed by atoms with Crippen LogP contribution in [0.2, 0.25) is 5.02 Å². The first kappa shape index (κ1) is 21.0. The second kappa shape index (κ2) is 9.17. The van der Waals surface area contributed by atoms with Crippen LogP contribution in [0.5, 0.6) is 0 Å². The van der Waals surface area contributed by atoms with Crippen molar-refractivity contribution >= 4 is 51.9 Å². The summed E-state index contributed by atoms with van der Waals surface area (Å²) in [4.78, 5) is 25.5. The quantitative estimate of drug-likeness (QED) is 0.431. The van der Waals surface area contributed by atoms with E-state index in [4.69, 9.17) is 28.6 Å². The van der Waals surface area contributed by atoms with Gasteiger partial charge >= 0.3 is 0 Å². The van der Waals surface area contributed by atoms with Gasteiger partial charge in [-0.15, -0.1) is 0 Å². The van der Waals surface area contributed by atoms with Crippen LogP contribution in [0.1, 0.15) is 15.9 Å². The van der Waals surface area contributed by atoms with E-state index in [0.717, 1.165) is 5.56 Å². The fourth-order valence-corrected chi connectivity index (χ4v) is 3.32. The number of aryl methyl sites for hydroxylation is 1. The highest BCUT2D eigenvalue weighted by Gasteiger charge is 2.23. The van der Waals surface area contributed by atoms with E-state index in [1.54, 1.807) is 24.3 Å². The zero-order valence-corrected chi connectivity index (χ0v) is 17.2. The summed E-state index contributed by atoms with van der Waals surface area (Å²) in [7, 11) is 0. The number of carbonyl (C=O) groups is 1. The lowest BCUT2D eigenvalue weighted by molar-refractivity contribution is -0.384. The van der Waals surface area contributed by atoms with Crippen LogP contribution in [-0.4, -0.2) is 42.2 Å². The maximum atomic E-state index is 12.5. The first-order chi connectivity index (χ1) is 13.8. The van der Waals surface area contributed by atoms with Crippen LogP contribution in [0.25, 0.3) is 0 Å². The molecular weight excluding hydrogens is 416 g/mol. The molecule has 152 valence electrons. The fraction of sp³-hybridized carbons (Fsp3) is 0.263. The SMILES string of the molecule is Cc1ccc(Cl)cc1NC(=S)NC(=O)c1ccc(N2CCOCC2)c([N+](=O)[O-])c1. The van der Waals surface area contributed by atoms with Crippen molar-refractivity contribution in [2.24, 2.45) is 0 Å². The van der Waals surface area contributed by atoms with Crippen molar-refractivity contribution in [1.29, 1.82) is 0 Å². The number of nitrogens with one attached hydrogen (secondary N) is 2. The summed E-state index contributed by atoms with van der Waals surface area (Å²) in [6, 6.07) is 9.64. The zero-order chi connectivity index (χ0) is 21.0. The molecule has 0 aromatic heterocycles. The molecule has 29 heavy (non-hydrogen) atoms. The topological polar surface area (TPSA) is 96.7 Å². The third kappa shape index (κ3) is 5.20. The van der Waals surface area contributed by atoms with E-state index in [1.807, 2.05) is 17.9 Å². The number of nitrogens with zero attached hydrogens (tertiary/aromatic N) is 2. The second-order valence-corrected chi connectivity index (χ2v) is 7.27. The molecule has 1 saturated heterocycles. The number of ether oxygens (including phenoxy) is 1. The Bertz CT molecular complexity index is 963. The second-order valence-electron chi connectivity index (χ2n) is 6.43. The molecule has 0 radical (unpaired) electrons. The number of halogens is 1. The monoisotopic (exact) mass is 434 g/mol. The van der Waals surface area contributed by atoms with Crippen molar-refractivity contribution in [3.63, 3.8) is 0 Å². The van der Waals surface area contributed by atoms with Gasteiger partial charge in [0, 0.05) is 35.4 Å². The predicted molar refractivity (Wildman–Crippen MR) is 116 cm³/mol. The largest absolute Gasteiger partial charge is 0.378 e. The summed E-state index contributed by atoms with van der Waals surface area (Å²) in [5.41, 5.74) is 2.03. The molecule has 0 saturated carbocycles. The Morgan fingerprint density at radius 2 is 1.97 bits per heavy atom. The average Bonchev–Trinajstić information content (AvgIpc) is 2.70. The van der Waals surface area contributed by atoms with E-state index >= 15 is 0 Å². The van der Waals surface area contributed by atoms with Crippen LogP contribution in [0.15, 0.2) is 36.4 Å². The predicted octanol–water partition coefficient (Wildman–Crippen LogP) is 3.52. The number of carbonyl (C=O) groups excluding carboxylic acids is 1. The van der Waals surface area contributed by atoms with Gasteiger partial charge in [0.05, 0.1) is 18.1 Å². The van der Waals surface area contributed by atoms with Gasteiger partial charge in [0.2, 0.25) is 0 Å². The first-order valence-electron chi connectivity index (χ1n) is 8.85. The van der Waals surface area contributed by atoms with Crippen molar-refractivity contribution in [2.75, 3.05) is 36.5 Å². The molecule has 0 aliphatic carbocycles. The van der Waals surface area contributed by atoms with Gasteiger partial charge in [-0.25, -0.2) is 0 Å². The number of rotatable bonds is 4. The summed E-state index contributed by atoms with van der Waals surface area (Å²) in [5, 5.41) is 17.6. The number of morpholine rings is 1. The number of thiocarbonyl (C=S) groups is 1. The molecule has 8 nitrogen and oxygen atoms in total.